The zero-order valence-corrected chi connectivity index (χ0v) is 14.7. The van der Waals surface area contributed by atoms with E-state index in [1.807, 2.05) is 6.07 Å². The molecule has 4 nitrogen and oxygen atoms in total. The molecule has 0 radical (unpaired) electrons. The summed E-state index contributed by atoms with van der Waals surface area (Å²) in [5, 5.41) is 0. The average Bonchev–Trinajstić information content (AvgIpc) is 2.56. The number of nitrogens with zero attached hydrogens (tertiary/aromatic N) is 2. The molecule has 1 saturated heterocycles. The SMILES string of the molecule is C[C@@H]1C(=O)N(c2cccc(F)c2)CCN1C(=O)c1cccc(Br)c1. The van der Waals surface area contributed by atoms with Crippen molar-refractivity contribution in [1.82, 2.24) is 4.90 Å². The first-order chi connectivity index (χ1) is 11.5. The summed E-state index contributed by atoms with van der Waals surface area (Å²) in [6.07, 6.45) is 0. The number of benzene rings is 2. The molecular formula is C18H16BrFN2O2. The number of piperazine rings is 1. The fourth-order valence-corrected chi connectivity index (χ4v) is 3.23. The number of amides is 2. The Balaban J connectivity index is 1.81. The molecule has 3 rings (SSSR count). The third kappa shape index (κ3) is 3.19. The molecule has 1 aliphatic rings. The van der Waals surface area contributed by atoms with Crippen LogP contribution in [0.5, 0.6) is 0 Å². The number of carbonyl (C=O) groups excluding carboxylic acids is 2. The number of rotatable bonds is 2. The zero-order valence-electron chi connectivity index (χ0n) is 13.1. The monoisotopic (exact) mass is 390 g/mol. The fourth-order valence-electron chi connectivity index (χ4n) is 2.84. The molecule has 1 aliphatic heterocycles. The van der Waals surface area contributed by atoms with Crippen molar-refractivity contribution < 1.29 is 14.0 Å². The lowest BCUT2D eigenvalue weighted by molar-refractivity contribution is -0.124. The quantitative estimate of drug-likeness (QED) is 0.787. The van der Waals surface area contributed by atoms with Gasteiger partial charge in [-0.1, -0.05) is 28.1 Å². The van der Waals surface area contributed by atoms with Gasteiger partial charge in [-0.15, -0.1) is 0 Å². The second kappa shape index (κ2) is 6.73. The Labute approximate surface area is 148 Å². The van der Waals surface area contributed by atoms with Crippen LogP contribution in [0.25, 0.3) is 0 Å². The minimum Gasteiger partial charge on any atom is -0.325 e. The molecule has 6 heteroatoms. The van der Waals surface area contributed by atoms with Crippen LogP contribution >= 0.6 is 15.9 Å². The lowest BCUT2D eigenvalue weighted by Crippen LogP contribution is -2.57. The molecule has 2 amide bonds. The van der Waals surface area contributed by atoms with Crippen molar-refractivity contribution in [2.45, 2.75) is 13.0 Å². The van der Waals surface area contributed by atoms with Gasteiger partial charge >= 0.3 is 0 Å². The van der Waals surface area contributed by atoms with E-state index in [0.717, 1.165) is 4.47 Å². The summed E-state index contributed by atoms with van der Waals surface area (Å²) < 4.78 is 14.2. The van der Waals surface area contributed by atoms with E-state index in [0.29, 0.717) is 24.3 Å². The summed E-state index contributed by atoms with van der Waals surface area (Å²) in [5.74, 6) is -0.785. The third-order valence-corrected chi connectivity index (χ3v) is 4.60. The Bertz CT molecular complexity index is 796. The molecule has 1 fully saturated rings. The largest absolute Gasteiger partial charge is 0.325 e. The fraction of sp³-hybridized carbons (Fsp3) is 0.222. The highest BCUT2D eigenvalue weighted by Gasteiger charge is 2.35. The van der Waals surface area contributed by atoms with Crippen LogP contribution in [0.1, 0.15) is 17.3 Å². The topological polar surface area (TPSA) is 40.6 Å². The average molecular weight is 391 g/mol. The molecule has 0 aliphatic carbocycles. The first-order valence-corrected chi connectivity index (χ1v) is 8.40. The maximum absolute atomic E-state index is 13.4. The summed E-state index contributed by atoms with van der Waals surface area (Å²) in [4.78, 5) is 28.4. The molecule has 1 atom stereocenters. The molecule has 2 aromatic carbocycles. The molecule has 0 saturated carbocycles. The van der Waals surface area contributed by atoms with Gasteiger partial charge in [-0.05, 0) is 43.3 Å². The Morgan fingerprint density at radius 1 is 1.17 bits per heavy atom. The van der Waals surface area contributed by atoms with Gasteiger partial charge in [-0.2, -0.15) is 0 Å². The van der Waals surface area contributed by atoms with Gasteiger partial charge in [0.1, 0.15) is 11.9 Å². The number of halogens is 2. The van der Waals surface area contributed by atoms with Crippen molar-refractivity contribution in [3.63, 3.8) is 0 Å². The van der Waals surface area contributed by atoms with Crippen LogP contribution in [-0.4, -0.2) is 35.8 Å². The second-order valence-corrected chi connectivity index (χ2v) is 6.57. The van der Waals surface area contributed by atoms with E-state index >= 15 is 0 Å². The normalized spacial score (nSPS) is 18.0. The van der Waals surface area contributed by atoms with E-state index in [1.165, 1.54) is 17.0 Å². The molecule has 1 heterocycles. The lowest BCUT2D eigenvalue weighted by Gasteiger charge is -2.39. The van der Waals surface area contributed by atoms with Crippen LogP contribution in [-0.2, 0) is 4.79 Å². The van der Waals surface area contributed by atoms with Gasteiger partial charge in [0, 0.05) is 28.8 Å². The first-order valence-electron chi connectivity index (χ1n) is 7.61. The standard InChI is InChI=1S/C18H16BrFN2O2/c1-12-17(23)22(16-7-3-6-15(20)11-16)9-8-21(12)18(24)13-4-2-5-14(19)10-13/h2-7,10-12H,8-9H2,1H3/t12-/m1/s1. The minimum absolute atomic E-state index is 0.184. The molecule has 0 aromatic heterocycles. The summed E-state index contributed by atoms with van der Waals surface area (Å²) in [5.41, 5.74) is 1.05. The number of hydrogen-bond donors (Lipinski definition) is 0. The first kappa shape index (κ1) is 16.6. The second-order valence-electron chi connectivity index (χ2n) is 5.65. The third-order valence-electron chi connectivity index (χ3n) is 4.11. The van der Waals surface area contributed by atoms with Gasteiger partial charge in [-0.3, -0.25) is 9.59 Å². The Morgan fingerprint density at radius 3 is 2.62 bits per heavy atom. The molecule has 0 N–H and O–H groups in total. The summed E-state index contributed by atoms with van der Waals surface area (Å²) in [7, 11) is 0. The van der Waals surface area contributed by atoms with E-state index in [-0.39, 0.29) is 17.6 Å². The molecule has 2 aromatic rings. The summed E-state index contributed by atoms with van der Waals surface area (Å²) in [6, 6.07) is 12.4. The van der Waals surface area contributed by atoms with Crippen molar-refractivity contribution in [2.75, 3.05) is 18.0 Å². The Kier molecular flexibility index (Phi) is 4.66. The molecule has 0 unspecified atom stereocenters. The van der Waals surface area contributed by atoms with Crippen molar-refractivity contribution in [2.24, 2.45) is 0 Å². The molecule has 0 bridgehead atoms. The molecular weight excluding hydrogens is 375 g/mol. The van der Waals surface area contributed by atoms with Gasteiger partial charge < -0.3 is 9.80 Å². The minimum atomic E-state index is -0.603. The van der Waals surface area contributed by atoms with Crippen LogP contribution in [0.15, 0.2) is 53.0 Å². The van der Waals surface area contributed by atoms with E-state index < -0.39 is 6.04 Å². The van der Waals surface area contributed by atoms with E-state index in [2.05, 4.69) is 15.9 Å². The predicted octanol–water partition coefficient (Wildman–Crippen LogP) is 3.47. The van der Waals surface area contributed by atoms with Crippen LogP contribution < -0.4 is 4.90 Å². The van der Waals surface area contributed by atoms with Crippen molar-refractivity contribution in [1.29, 1.82) is 0 Å². The highest BCUT2D eigenvalue weighted by atomic mass is 79.9. The highest BCUT2D eigenvalue weighted by molar-refractivity contribution is 9.10. The van der Waals surface area contributed by atoms with E-state index in [9.17, 15) is 14.0 Å². The number of anilines is 1. The van der Waals surface area contributed by atoms with Gasteiger partial charge in [-0.25, -0.2) is 4.39 Å². The number of hydrogen-bond acceptors (Lipinski definition) is 2. The van der Waals surface area contributed by atoms with Crippen LogP contribution in [0.3, 0.4) is 0 Å². The zero-order chi connectivity index (χ0) is 17.3. The van der Waals surface area contributed by atoms with E-state index in [1.54, 1.807) is 42.2 Å². The van der Waals surface area contributed by atoms with Crippen molar-refractivity contribution in [3.8, 4) is 0 Å². The van der Waals surface area contributed by atoms with Gasteiger partial charge in [0.2, 0.25) is 5.91 Å². The molecule has 0 spiro atoms. The van der Waals surface area contributed by atoms with Crippen molar-refractivity contribution >= 4 is 33.4 Å². The Morgan fingerprint density at radius 2 is 1.92 bits per heavy atom. The maximum Gasteiger partial charge on any atom is 0.254 e. The lowest BCUT2D eigenvalue weighted by atomic mass is 10.1. The smallest absolute Gasteiger partial charge is 0.254 e. The van der Waals surface area contributed by atoms with E-state index in [4.69, 9.17) is 0 Å². The molecule has 124 valence electrons. The van der Waals surface area contributed by atoms with Gasteiger partial charge in [0.25, 0.3) is 5.91 Å². The predicted molar refractivity (Wildman–Crippen MR) is 93.4 cm³/mol. The molecule has 24 heavy (non-hydrogen) atoms. The van der Waals surface area contributed by atoms with Crippen LogP contribution in [0.4, 0.5) is 10.1 Å². The van der Waals surface area contributed by atoms with Crippen LogP contribution in [0, 0.1) is 5.82 Å². The highest BCUT2D eigenvalue weighted by Crippen LogP contribution is 2.23. The summed E-state index contributed by atoms with van der Waals surface area (Å²) in [6.45, 7) is 2.44. The van der Waals surface area contributed by atoms with Gasteiger partial charge in [0.05, 0.1) is 0 Å². The van der Waals surface area contributed by atoms with Crippen molar-refractivity contribution in [3.05, 3.63) is 64.4 Å². The number of carbonyl (C=O) groups is 2. The Hall–Kier alpha value is -2.21. The maximum atomic E-state index is 13.4. The van der Waals surface area contributed by atoms with Crippen LogP contribution in [0.2, 0.25) is 0 Å². The summed E-state index contributed by atoms with van der Waals surface area (Å²) >= 11 is 3.35. The van der Waals surface area contributed by atoms with Gasteiger partial charge in [0.15, 0.2) is 0 Å².